The Labute approximate surface area is 80.4 Å². The molecule has 70 valence electrons. The summed E-state index contributed by atoms with van der Waals surface area (Å²) in [6, 6.07) is 11.5. The highest BCUT2D eigenvalue weighted by atomic mass is 15.1. The highest BCUT2D eigenvalue weighted by Gasteiger charge is 2.19. The summed E-state index contributed by atoms with van der Waals surface area (Å²) in [5.41, 5.74) is 1.48. The third-order valence-electron chi connectivity index (χ3n) is 2.95. The molecule has 1 saturated heterocycles. The molecule has 1 atom stereocenters. The number of benzene rings is 1. The van der Waals surface area contributed by atoms with Crippen molar-refractivity contribution in [3.8, 4) is 0 Å². The monoisotopic (exact) mass is 175 g/mol. The average Bonchev–Trinajstić information content (AvgIpc) is 2.20. The molecule has 2 rings (SSSR count). The quantitative estimate of drug-likeness (QED) is 0.634. The number of nitrogens with zero attached hydrogens (tertiary/aromatic N) is 1. The zero-order valence-corrected chi connectivity index (χ0v) is 8.24. The van der Waals surface area contributed by atoms with Crippen LogP contribution >= 0.6 is 0 Å². The molecule has 0 radical (unpaired) electrons. The molecule has 0 bridgehead atoms. The minimum atomic E-state index is 0.662. The van der Waals surface area contributed by atoms with Crippen molar-refractivity contribution in [2.45, 2.75) is 25.3 Å². The van der Waals surface area contributed by atoms with E-state index in [0.717, 1.165) is 0 Å². The Morgan fingerprint density at radius 3 is 2.62 bits per heavy atom. The van der Waals surface area contributed by atoms with Crippen LogP contribution in [0.5, 0.6) is 0 Å². The summed E-state index contributed by atoms with van der Waals surface area (Å²) in [7, 11) is 2.23. The van der Waals surface area contributed by atoms with Gasteiger partial charge in [0.2, 0.25) is 0 Å². The number of piperidine rings is 1. The fourth-order valence-corrected chi connectivity index (χ4v) is 2.17. The summed E-state index contributed by atoms with van der Waals surface area (Å²) in [5, 5.41) is 0. The molecule has 0 unspecified atom stereocenters. The molecule has 0 aromatic heterocycles. The predicted molar refractivity (Wildman–Crippen MR) is 55.7 cm³/mol. The van der Waals surface area contributed by atoms with E-state index in [1.807, 2.05) is 0 Å². The van der Waals surface area contributed by atoms with E-state index in [2.05, 4.69) is 42.3 Å². The van der Waals surface area contributed by atoms with Crippen LogP contribution in [0.4, 0.5) is 0 Å². The lowest BCUT2D eigenvalue weighted by molar-refractivity contribution is 0.187. The van der Waals surface area contributed by atoms with Crippen LogP contribution < -0.4 is 0 Å². The molecule has 1 heterocycles. The number of likely N-dealkylation sites (tertiary alicyclic amines) is 1. The summed E-state index contributed by atoms with van der Waals surface area (Å²) in [5.74, 6) is 0. The number of rotatable bonds is 1. The molecule has 1 nitrogen and oxygen atoms in total. The Morgan fingerprint density at radius 1 is 1.15 bits per heavy atom. The first kappa shape index (κ1) is 8.76. The second kappa shape index (κ2) is 3.93. The van der Waals surface area contributed by atoms with Crippen molar-refractivity contribution in [1.82, 2.24) is 4.90 Å². The molecular weight excluding hydrogens is 158 g/mol. The van der Waals surface area contributed by atoms with E-state index < -0.39 is 0 Å². The van der Waals surface area contributed by atoms with Gasteiger partial charge in [-0.1, -0.05) is 36.8 Å². The first-order valence-corrected chi connectivity index (χ1v) is 5.13. The normalized spacial score (nSPS) is 24.5. The van der Waals surface area contributed by atoms with Crippen molar-refractivity contribution in [1.29, 1.82) is 0 Å². The molecule has 0 spiro atoms. The number of hydrogen-bond donors (Lipinski definition) is 0. The van der Waals surface area contributed by atoms with Crippen LogP contribution in [0.2, 0.25) is 0 Å². The Morgan fingerprint density at radius 2 is 1.92 bits per heavy atom. The van der Waals surface area contributed by atoms with Gasteiger partial charge in [-0.05, 0) is 32.0 Å². The Hall–Kier alpha value is -0.820. The van der Waals surface area contributed by atoms with Crippen molar-refractivity contribution < 1.29 is 0 Å². The highest BCUT2D eigenvalue weighted by Crippen LogP contribution is 2.28. The fraction of sp³-hybridized carbons (Fsp3) is 0.500. The van der Waals surface area contributed by atoms with Crippen molar-refractivity contribution in [2.75, 3.05) is 13.6 Å². The lowest BCUT2D eigenvalue weighted by Crippen LogP contribution is -2.29. The van der Waals surface area contributed by atoms with Gasteiger partial charge >= 0.3 is 0 Å². The van der Waals surface area contributed by atoms with Crippen LogP contribution in [0.1, 0.15) is 30.9 Å². The van der Waals surface area contributed by atoms with E-state index in [1.165, 1.54) is 31.4 Å². The summed E-state index contributed by atoms with van der Waals surface area (Å²) in [4.78, 5) is 2.47. The highest BCUT2D eigenvalue weighted by molar-refractivity contribution is 5.19. The second-order valence-electron chi connectivity index (χ2n) is 3.90. The average molecular weight is 175 g/mol. The van der Waals surface area contributed by atoms with Crippen LogP contribution in [0.25, 0.3) is 0 Å². The van der Waals surface area contributed by atoms with E-state index in [4.69, 9.17) is 0 Å². The predicted octanol–water partition coefficient (Wildman–Crippen LogP) is 2.84. The van der Waals surface area contributed by atoms with E-state index in [9.17, 15) is 0 Å². The molecule has 1 aromatic carbocycles. The van der Waals surface area contributed by atoms with Gasteiger partial charge in [0, 0.05) is 6.04 Å². The maximum atomic E-state index is 2.47. The van der Waals surface area contributed by atoms with Crippen LogP contribution in [-0.4, -0.2) is 18.5 Å². The van der Waals surface area contributed by atoms with Crippen LogP contribution in [0.15, 0.2) is 30.3 Å². The van der Waals surface area contributed by atoms with Crippen LogP contribution in [0.3, 0.4) is 0 Å². The van der Waals surface area contributed by atoms with Gasteiger partial charge in [-0.3, -0.25) is 4.90 Å². The molecule has 0 saturated carbocycles. The first-order chi connectivity index (χ1) is 6.38. The Bertz CT molecular complexity index is 255. The van der Waals surface area contributed by atoms with Gasteiger partial charge in [0.25, 0.3) is 0 Å². The molecule has 0 aliphatic carbocycles. The van der Waals surface area contributed by atoms with Gasteiger partial charge < -0.3 is 0 Å². The lowest BCUT2D eigenvalue weighted by Gasteiger charge is -2.32. The largest absolute Gasteiger partial charge is 0.299 e. The summed E-state index contributed by atoms with van der Waals surface area (Å²) < 4.78 is 0. The van der Waals surface area contributed by atoms with E-state index in [-0.39, 0.29) is 0 Å². The summed E-state index contributed by atoms with van der Waals surface area (Å²) in [6.07, 6.45) is 4.06. The standard InChI is InChI=1S/C12H17N/c1-13-10-6-5-9-12(13)11-7-3-2-4-8-11/h2-4,7-8,12H,5-6,9-10H2,1H3/t12-/m0/s1. The fourth-order valence-electron chi connectivity index (χ4n) is 2.17. The van der Waals surface area contributed by atoms with Crippen molar-refractivity contribution in [3.05, 3.63) is 35.9 Å². The maximum absolute atomic E-state index is 2.47. The SMILES string of the molecule is CN1CCCC[C@H]1c1ccccc1. The van der Waals surface area contributed by atoms with Gasteiger partial charge in [-0.2, -0.15) is 0 Å². The van der Waals surface area contributed by atoms with Crippen molar-refractivity contribution in [3.63, 3.8) is 0 Å². The van der Waals surface area contributed by atoms with Crippen LogP contribution in [0, 0.1) is 0 Å². The van der Waals surface area contributed by atoms with Crippen molar-refractivity contribution in [2.24, 2.45) is 0 Å². The topological polar surface area (TPSA) is 3.24 Å². The zero-order valence-electron chi connectivity index (χ0n) is 8.24. The molecule has 1 aliphatic heterocycles. The second-order valence-corrected chi connectivity index (χ2v) is 3.90. The third kappa shape index (κ3) is 1.92. The van der Waals surface area contributed by atoms with Gasteiger partial charge in [0.05, 0.1) is 0 Å². The maximum Gasteiger partial charge on any atom is 0.0345 e. The van der Waals surface area contributed by atoms with E-state index in [0.29, 0.717) is 6.04 Å². The minimum absolute atomic E-state index is 0.662. The molecule has 1 heteroatoms. The molecule has 1 aromatic rings. The van der Waals surface area contributed by atoms with E-state index in [1.54, 1.807) is 0 Å². The summed E-state index contributed by atoms with van der Waals surface area (Å²) in [6.45, 7) is 1.25. The third-order valence-corrected chi connectivity index (χ3v) is 2.95. The molecule has 1 aliphatic rings. The Balaban J connectivity index is 2.15. The van der Waals surface area contributed by atoms with Crippen LogP contribution in [-0.2, 0) is 0 Å². The summed E-state index contributed by atoms with van der Waals surface area (Å²) >= 11 is 0. The van der Waals surface area contributed by atoms with Gasteiger partial charge in [0.15, 0.2) is 0 Å². The van der Waals surface area contributed by atoms with Gasteiger partial charge in [0.1, 0.15) is 0 Å². The van der Waals surface area contributed by atoms with E-state index >= 15 is 0 Å². The molecule has 0 amide bonds. The Kier molecular flexibility index (Phi) is 2.65. The zero-order chi connectivity index (χ0) is 9.10. The molecular formula is C12H17N. The molecule has 0 N–H and O–H groups in total. The lowest BCUT2D eigenvalue weighted by atomic mass is 9.96. The number of hydrogen-bond acceptors (Lipinski definition) is 1. The molecule has 13 heavy (non-hydrogen) atoms. The minimum Gasteiger partial charge on any atom is -0.299 e. The van der Waals surface area contributed by atoms with Crippen molar-refractivity contribution >= 4 is 0 Å². The first-order valence-electron chi connectivity index (χ1n) is 5.13. The smallest absolute Gasteiger partial charge is 0.0345 e. The molecule has 1 fully saturated rings. The van der Waals surface area contributed by atoms with Gasteiger partial charge in [-0.25, -0.2) is 0 Å². The van der Waals surface area contributed by atoms with Gasteiger partial charge in [-0.15, -0.1) is 0 Å².